The van der Waals surface area contributed by atoms with Crippen molar-refractivity contribution in [2.75, 3.05) is 18.1 Å². The standard InChI is InChI=1S/C16H22ClN3O2S/c17-15-4-2-1-3-13(15)10-19-16(20-14-5-6-14)18-9-12-7-8-23(21,22)11-12/h1-4,12,14H,5-11H2,(H2,18,19,20). The summed E-state index contributed by atoms with van der Waals surface area (Å²) in [6, 6.07) is 8.15. The van der Waals surface area contributed by atoms with Crippen LogP contribution in [0, 0.1) is 5.92 Å². The van der Waals surface area contributed by atoms with Crippen molar-refractivity contribution < 1.29 is 8.42 Å². The molecule has 2 N–H and O–H groups in total. The van der Waals surface area contributed by atoms with Crippen molar-refractivity contribution in [3.63, 3.8) is 0 Å². The van der Waals surface area contributed by atoms with Gasteiger partial charge in [0.25, 0.3) is 0 Å². The van der Waals surface area contributed by atoms with Crippen molar-refractivity contribution in [2.45, 2.75) is 31.8 Å². The molecular weight excluding hydrogens is 334 g/mol. The fraction of sp³-hybridized carbons (Fsp3) is 0.562. The highest BCUT2D eigenvalue weighted by molar-refractivity contribution is 7.91. The zero-order chi connectivity index (χ0) is 16.3. The number of rotatable bonds is 5. The van der Waals surface area contributed by atoms with Crippen LogP contribution < -0.4 is 10.6 Å². The van der Waals surface area contributed by atoms with E-state index in [1.54, 1.807) is 0 Å². The van der Waals surface area contributed by atoms with E-state index in [1.807, 2.05) is 24.3 Å². The van der Waals surface area contributed by atoms with Gasteiger partial charge < -0.3 is 10.6 Å². The predicted octanol–water partition coefficient (Wildman–Crippen LogP) is 1.97. The van der Waals surface area contributed by atoms with Gasteiger partial charge in [-0.15, -0.1) is 0 Å². The lowest BCUT2D eigenvalue weighted by atomic mass is 10.1. The number of nitrogens with zero attached hydrogens (tertiary/aromatic N) is 1. The van der Waals surface area contributed by atoms with Crippen molar-refractivity contribution in [1.29, 1.82) is 0 Å². The average Bonchev–Trinajstić information content (AvgIpc) is 3.26. The molecule has 7 heteroatoms. The van der Waals surface area contributed by atoms with Gasteiger partial charge >= 0.3 is 0 Å². The molecule has 0 amide bonds. The first kappa shape index (κ1) is 16.6. The Bertz CT molecular complexity index is 686. The maximum absolute atomic E-state index is 11.5. The number of benzene rings is 1. The van der Waals surface area contributed by atoms with Crippen LogP contribution in [0.5, 0.6) is 0 Å². The van der Waals surface area contributed by atoms with Crippen LogP contribution in [0.25, 0.3) is 0 Å². The summed E-state index contributed by atoms with van der Waals surface area (Å²) >= 11 is 6.16. The van der Waals surface area contributed by atoms with E-state index in [4.69, 9.17) is 11.6 Å². The Morgan fingerprint density at radius 2 is 2.04 bits per heavy atom. The van der Waals surface area contributed by atoms with Gasteiger partial charge in [-0.05, 0) is 36.8 Å². The molecular formula is C16H22ClN3O2S. The summed E-state index contributed by atoms with van der Waals surface area (Å²) in [5.41, 5.74) is 0.981. The molecule has 1 aliphatic heterocycles. The molecule has 0 aromatic heterocycles. The Hall–Kier alpha value is -1.27. The van der Waals surface area contributed by atoms with Gasteiger partial charge in [0, 0.05) is 17.6 Å². The third-order valence-electron chi connectivity index (χ3n) is 4.17. The highest BCUT2D eigenvalue weighted by Crippen LogP contribution is 2.20. The molecule has 1 atom stereocenters. The van der Waals surface area contributed by atoms with E-state index in [9.17, 15) is 8.42 Å². The minimum atomic E-state index is -2.83. The van der Waals surface area contributed by atoms with Crippen LogP contribution in [-0.4, -0.2) is 38.5 Å². The van der Waals surface area contributed by atoms with Crippen molar-refractivity contribution in [3.8, 4) is 0 Å². The first-order valence-corrected chi connectivity index (χ1v) is 10.2. The summed E-state index contributed by atoms with van der Waals surface area (Å²) in [6.07, 6.45) is 3.05. The van der Waals surface area contributed by atoms with Crippen LogP contribution in [0.1, 0.15) is 24.8 Å². The highest BCUT2D eigenvalue weighted by atomic mass is 35.5. The Morgan fingerprint density at radius 1 is 1.26 bits per heavy atom. The lowest BCUT2D eigenvalue weighted by molar-refractivity contribution is 0.566. The molecule has 1 aromatic carbocycles. The largest absolute Gasteiger partial charge is 0.356 e. The molecule has 1 saturated carbocycles. The van der Waals surface area contributed by atoms with Gasteiger partial charge in [-0.1, -0.05) is 29.8 Å². The van der Waals surface area contributed by atoms with Gasteiger partial charge in [0.05, 0.1) is 18.1 Å². The molecule has 0 bridgehead atoms. The van der Waals surface area contributed by atoms with E-state index >= 15 is 0 Å². The van der Waals surface area contributed by atoms with Crippen LogP contribution in [-0.2, 0) is 16.4 Å². The molecule has 2 fully saturated rings. The first-order valence-electron chi connectivity index (χ1n) is 8.00. The third-order valence-corrected chi connectivity index (χ3v) is 6.37. The van der Waals surface area contributed by atoms with Gasteiger partial charge in [-0.25, -0.2) is 13.4 Å². The Kier molecular flexibility index (Phi) is 5.11. The molecule has 1 aliphatic carbocycles. The van der Waals surface area contributed by atoms with Gasteiger partial charge in [0.2, 0.25) is 0 Å². The zero-order valence-corrected chi connectivity index (χ0v) is 14.5. The maximum Gasteiger partial charge on any atom is 0.191 e. The number of aliphatic imine (C=N–C) groups is 1. The predicted molar refractivity (Wildman–Crippen MR) is 93.5 cm³/mol. The fourth-order valence-electron chi connectivity index (χ4n) is 2.64. The molecule has 3 rings (SSSR count). The summed E-state index contributed by atoms with van der Waals surface area (Å²) in [5.74, 6) is 1.51. The van der Waals surface area contributed by atoms with Crippen molar-refractivity contribution in [2.24, 2.45) is 10.9 Å². The van der Waals surface area contributed by atoms with Crippen LogP contribution in [0.15, 0.2) is 29.3 Å². The highest BCUT2D eigenvalue weighted by Gasteiger charge is 2.28. The van der Waals surface area contributed by atoms with Crippen LogP contribution in [0.2, 0.25) is 5.02 Å². The normalized spacial score (nSPS) is 23.7. The molecule has 1 saturated heterocycles. The number of halogens is 1. The van der Waals surface area contributed by atoms with E-state index in [0.29, 0.717) is 29.9 Å². The SMILES string of the molecule is O=S1(=O)CCC(CNC(=NCc2ccccc2Cl)NC2CC2)C1. The average molecular weight is 356 g/mol. The van der Waals surface area contributed by atoms with E-state index in [2.05, 4.69) is 15.6 Å². The molecule has 0 spiro atoms. The second-order valence-electron chi connectivity index (χ2n) is 6.32. The Labute approximate surface area is 142 Å². The van der Waals surface area contributed by atoms with E-state index in [0.717, 1.165) is 30.8 Å². The number of guanidine groups is 1. The second-order valence-corrected chi connectivity index (χ2v) is 8.96. The molecule has 23 heavy (non-hydrogen) atoms. The summed E-state index contributed by atoms with van der Waals surface area (Å²) in [6.45, 7) is 1.14. The van der Waals surface area contributed by atoms with Crippen LogP contribution in [0.4, 0.5) is 0 Å². The van der Waals surface area contributed by atoms with Crippen molar-refractivity contribution >= 4 is 27.4 Å². The summed E-state index contributed by atoms with van der Waals surface area (Å²) < 4.78 is 23.1. The second kappa shape index (κ2) is 7.09. The van der Waals surface area contributed by atoms with Gasteiger partial charge in [0.15, 0.2) is 15.8 Å². The smallest absolute Gasteiger partial charge is 0.191 e. The van der Waals surface area contributed by atoms with Crippen molar-refractivity contribution in [3.05, 3.63) is 34.9 Å². The lowest BCUT2D eigenvalue weighted by Gasteiger charge is -2.15. The van der Waals surface area contributed by atoms with Gasteiger partial charge in [-0.3, -0.25) is 0 Å². The molecule has 5 nitrogen and oxygen atoms in total. The topological polar surface area (TPSA) is 70.6 Å². The number of hydrogen-bond acceptors (Lipinski definition) is 3. The van der Waals surface area contributed by atoms with E-state index in [-0.39, 0.29) is 11.7 Å². The molecule has 1 aromatic rings. The Balaban J connectivity index is 1.58. The maximum atomic E-state index is 11.5. The minimum absolute atomic E-state index is 0.173. The number of nitrogens with one attached hydrogen (secondary N) is 2. The first-order chi connectivity index (χ1) is 11.0. The number of sulfone groups is 1. The fourth-order valence-corrected chi connectivity index (χ4v) is 4.70. The van der Waals surface area contributed by atoms with Gasteiger partial charge in [0.1, 0.15) is 0 Å². The zero-order valence-electron chi connectivity index (χ0n) is 13.0. The minimum Gasteiger partial charge on any atom is -0.356 e. The van der Waals surface area contributed by atoms with E-state index < -0.39 is 9.84 Å². The molecule has 2 aliphatic rings. The molecule has 1 unspecified atom stereocenters. The van der Waals surface area contributed by atoms with Gasteiger partial charge in [-0.2, -0.15) is 0 Å². The Morgan fingerprint density at radius 3 is 2.70 bits per heavy atom. The van der Waals surface area contributed by atoms with Crippen LogP contribution in [0.3, 0.4) is 0 Å². The monoisotopic (exact) mass is 355 g/mol. The lowest BCUT2D eigenvalue weighted by Crippen LogP contribution is -2.41. The summed E-state index contributed by atoms with van der Waals surface area (Å²) in [4.78, 5) is 4.59. The third kappa shape index (κ3) is 5.11. The summed E-state index contributed by atoms with van der Waals surface area (Å²) in [7, 11) is -2.83. The van der Waals surface area contributed by atoms with E-state index in [1.165, 1.54) is 0 Å². The molecule has 1 heterocycles. The van der Waals surface area contributed by atoms with Crippen LogP contribution >= 0.6 is 11.6 Å². The number of hydrogen-bond donors (Lipinski definition) is 2. The molecule has 126 valence electrons. The molecule has 0 radical (unpaired) electrons. The van der Waals surface area contributed by atoms with Crippen molar-refractivity contribution in [1.82, 2.24) is 10.6 Å². The summed E-state index contributed by atoms with van der Waals surface area (Å²) in [5, 5.41) is 7.38. The quantitative estimate of drug-likeness (QED) is 0.626.